The fourth-order valence-corrected chi connectivity index (χ4v) is 0.926. The van der Waals surface area contributed by atoms with Crippen LogP contribution in [0.5, 0.6) is 11.5 Å². The average Bonchev–Trinajstić information content (AvgIpc) is 2.16. The van der Waals surface area contributed by atoms with Crippen LogP contribution < -0.4 is 9.47 Å². The lowest BCUT2D eigenvalue weighted by Gasteiger charge is -2.06. The number of carbonyl (C=O) groups is 1. The summed E-state index contributed by atoms with van der Waals surface area (Å²) in [6.07, 6.45) is 0.766. The number of carbonyl (C=O) groups excluding carboxylic acids is 1. The first-order valence-electron chi connectivity index (χ1n) is 3.49. The van der Waals surface area contributed by atoms with Crippen molar-refractivity contribution in [3.8, 4) is 11.5 Å². The van der Waals surface area contributed by atoms with Gasteiger partial charge in [0.05, 0.1) is 14.2 Å². The summed E-state index contributed by atoms with van der Waals surface area (Å²) in [6.45, 7) is 0. The number of methoxy groups -OCH3 is 2. The summed E-state index contributed by atoms with van der Waals surface area (Å²) in [5, 5.41) is 0. The molecule has 0 saturated carbocycles. The first-order valence-corrected chi connectivity index (χ1v) is 3.49. The number of aldehydes is 1. The first kappa shape index (κ1) is 8.59. The molecule has 0 aliphatic carbocycles. The third-order valence-electron chi connectivity index (χ3n) is 1.54. The number of rotatable bonds is 3. The van der Waals surface area contributed by atoms with E-state index in [1.165, 1.54) is 7.11 Å². The number of hydrogen-bond acceptors (Lipinski definition) is 3. The number of hydrogen-bond donors (Lipinski definition) is 0. The molecule has 0 unspecified atom stereocenters. The maximum Gasteiger partial charge on any atom is 0.161 e. The largest absolute Gasteiger partial charge is 0.493 e. The molecule has 3 nitrogen and oxygen atoms in total. The van der Waals surface area contributed by atoms with Crippen LogP contribution in [0.25, 0.3) is 0 Å². The van der Waals surface area contributed by atoms with Gasteiger partial charge < -0.3 is 9.47 Å². The minimum absolute atomic E-state index is 0.571. The molecule has 0 heterocycles. The van der Waals surface area contributed by atoms with Crippen LogP contribution in [0.2, 0.25) is 0 Å². The van der Waals surface area contributed by atoms with Gasteiger partial charge in [-0.25, -0.2) is 0 Å². The summed E-state index contributed by atoms with van der Waals surface area (Å²) in [6, 6.07) is 5.00. The lowest BCUT2D eigenvalue weighted by atomic mass is 10.3. The summed E-state index contributed by atoms with van der Waals surface area (Å²) in [5.74, 6) is 1.20. The Bertz CT molecular complexity index is 281. The smallest absolute Gasteiger partial charge is 0.161 e. The standard InChI is InChI=1S/C9H10O3/c1-11-8-4-3-7(6-10)5-9(8)12-2/h3-6H,1-2H3/i5+1. The molecule has 0 bridgehead atoms. The molecule has 0 aliphatic rings. The molecule has 12 heavy (non-hydrogen) atoms. The molecule has 0 amide bonds. The Morgan fingerprint density at radius 2 is 1.83 bits per heavy atom. The fourth-order valence-electron chi connectivity index (χ4n) is 0.926. The molecule has 0 spiro atoms. The van der Waals surface area contributed by atoms with Crippen LogP contribution in [0.1, 0.15) is 10.4 Å². The second-order valence-corrected chi connectivity index (χ2v) is 2.23. The van der Waals surface area contributed by atoms with E-state index in [1.807, 2.05) is 0 Å². The predicted molar refractivity (Wildman–Crippen MR) is 44.9 cm³/mol. The lowest BCUT2D eigenvalue weighted by molar-refractivity contribution is 0.112. The van der Waals surface area contributed by atoms with Crippen molar-refractivity contribution in [3.63, 3.8) is 0 Å². The minimum atomic E-state index is 0.571. The molecule has 0 atom stereocenters. The van der Waals surface area contributed by atoms with Crippen LogP contribution in [0.3, 0.4) is 0 Å². The molecule has 0 saturated heterocycles. The van der Waals surface area contributed by atoms with Crippen LogP contribution >= 0.6 is 0 Å². The quantitative estimate of drug-likeness (QED) is 0.640. The Morgan fingerprint density at radius 3 is 2.33 bits per heavy atom. The van der Waals surface area contributed by atoms with Gasteiger partial charge in [0.2, 0.25) is 0 Å². The van der Waals surface area contributed by atoms with Gasteiger partial charge in [-0.3, -0.25) is 4.79 Å². The van der Waals surface area contributed by atoms with Crippen LogP contribution in [0, 0.1) is 0 Å². The van der Waals surface area contributed by atoms with Crippen LogP contribution in [-0.2, 0) is 0 Å². The Balaban J connectivity index is 3.10. The van der Waals surface area contributed by atoms with Crippen molar-refractivity contribution in [3.05, 3.63) is 23.8 Å². The van der Waals surface area contributed by atoms with E-state index in [1.54, 1.807) is 25.3 Å². The Hall–Kier alpha value is -1.51. The maximum absolute atomic E-state index is 10.4. The molecule has 0 aliphatic heterocycles. The topological polar surface area (TPSA) is 35.5 Å². The highest BCUT2D eigenvalue weighted by Gasteiger charge is 2.02. The minimum Gasteiger partial charge on any atom is -0.493 e. The molecule has 3 heteroatoms. The van der Waals surface area contributed by atoms with Gasteiger partial charge in [0.15, 0.2) is 11.5 Å². The monoisotopic (exact) mass is 167 g/mol. The molecule has 0 radical (unpaired) electrons. The Kier molecular flexibility index (Phi) is 2.69. The van der Waals surface area contributed by atoms with Gasteiger partial charge in [0, 0.05) is 5.56 Å². The van der Waals surface area contributed by atoms with Crippen molar-refractivity contribution >= 4 is 6.29 Å². The summed E-state index contributed by atoms with van der Waals surface area (Å²) in [4.78, 5) is 10.4. The summed E-state index contributed by atoms with van der Waals surface area (Å²) in [5.41, 5.74) is 0.577. The van der Waals surface area contributed by atoms with Crippen molar-refractivity contribution < 1.29 is 14.3 Å². The lowest BCUT2D eigenvalue weighted by Crippen LogP contribution is -1.91. The number of ether oxygens (including phenoxy) is 2. The van der Waals surface area contributed by atoms with E-state index in [0.717, 1.165) is 6.29 Å². The third kappa shape index (κ3) is 1.56. The van der Waals surface area contributed by atoms with Crippen LogP contribution in [0.4, 0.5) is 0 Å². The SMILES string of the molecule is COc1ccc(C=O)[13cH]c1OC. The van der Waals surface area contributed by atoms with Crippen molar-refractivity contribution in [1.29, 1.82) is 0 Å². The molecular formula is C9H10O3. The van der Waals surface area contributed by atoms with Crippen molar-refractivity contribution in [2.75, 3.05) is 14.2 Å². The van der Waals surface area contributed by atoms with E-state index < -0.39 is 0 Å². The maximum atomic E-state index is 10.4. The highest BCUT2D eigenvalue weighted by atomic mass is 16.5. The summed E-state index contributed by atoms with van der Waals surface area (Å²) >= 11 is 0. The summed E-state index contributed by atoms with van der Waals surface area (Å²) in [7, 11) is 3.09. The third-order valence-corrected chi connectivity index (χ3v) is 1.54. The van der Waals surface area contributed by atoms with E-state index in [2.05, 4.69) is 0 Å². The second kappa shape index (κ2) is 3.76. The predicted octanol–water partition coefficient (Wildman–Crippen LogP) is 1.52. The van der Waals surface area contributed by atoms with Gasteiger partial charge in [0.1, 0.15) is 6.29 Å². The molecule has 1 aromatic rings. The van der Waals surface area contributed by atoms with Crippen molar-refractivity contribution in [2.45, 2.75) is 0 Å². The van der Waals surface area contributed by atoms with Gasteiger partial charge >= 0.3 is 0 Å². The van der Waals surface area contributed by atoms with Gasteiger partial charge in [-0.05, 0) is 18.2 Å². The van der Waals surface area contributed by atoms with E-state index in [4.69, 9.17) is 9.47 Å². The molecule has 0 N–H and O–H groups in total. The molecule has 1 rings (SSSR count). The van der Waals surface area contributed by atoms with Crippen LogP contribution in [-0.4, -0.2) is 20.5 Å². The van der Waals surface area contributed by atoms with Gasteiger partial charge in [-0.15, -0.1) is 0 Å². The zero-order chi connectivity index (χ0) is 8.97. The van der Waals surface area contributed by atoms with Crippen LogP contribution in [0.15, 0.2) is 18.2 Å². The van der Waals surface area contributed by atoms with E-state index in [0.29, 0.717) is 17.1 Å². The molecule has 0 aromatic heterocycles. The normalized spacial score (nSPS) is 9.17. The highest BCUT2D eigenvalue weighted by Crippen LogP contribution is 2.26. The zero-order valence-electron chi connectivity index (χ0n) is 7.03. The second-order valence-electron chi connectivity index (χ2n) is 2.23. The fraction of sp³-hybridized carbons (Fsp3) is 0.222. The van der Waals surface area contributed by atoms with Gasteiger partial charge in [-0.1, -0.05) is 0 Å². The van der Waals surface area contributed by atoms with Gasteiger partial charge in [-0.2, -0.15) is 0 Å². The van der Waals surface area contributed by atoms with Crippen molar-refractivity contribution in [2.24, 2.45) is 0 Å². The molecule has 64 valence electrons. The zero-order valence-corrected chi connectivity index (χ0v) is 7.03. The van der Waals surface area contributed by atoms with E-state index in [-0.39, 0.29) is 0 Å². The molecular weight excluding hydrogens is 157 g/mol. The number of benzene rings is 1. The Morgan fingerprint density at radius 1 is 1.17 bits per heavy atom. The molecule has 0 fully saturated rings. The van der Waals surface area contributed by atoms with Crippen molar-refractivity contribution in [1.82, 2.24) is 0 Å². The van der Waals surface area contributed by atoms with E-state index >= 15 is 0 Å². The first-order chi connectivity index (χ1) is 5.81. The highest BCUT2D eigenvalue weighted by molar-refractivity contribution is 5.76. The van der Waals surface area contributed by atoms with Gasteiger partial charge in [0.25, 0.3) is 0 Å². The average molecular weight is 167 g/mol. The Labute approximate surface area is 70.9 Å². The molecule has 1 aromatic carbocycles. The summed E-state index contributed by atoms with van der Waals surface area (Å²) < 4.78 is 9.99. The van der Waals surface area contributed by atoms with E-state index in [9.17, 15) is 4.79 Å².